The third kappa shape index (κ3) is 4.13. The van der Waals surface area contributed by atoms with Crippen molar-refractivity contribution in [1.82, 2.24) is 0 Å². The Morgan fingerprint density at radius 3 is 1.37 bits per heavy atom. The standard InChI is InChI=1S/C31H34O4/c32-29(33)27(19-21-11-3-1-4-12-21)31(28(30(34)35)20-22-13-5-2-6-14-22)25-17-9-7-15-23(25)24-16-8-10-18-26(24)31/h1-6,11-14,27-28H,7-10,15-20H2,(H,32,33)(H,34,35). The molecule has 4 heteroatoms. The molecule has 2 aromatic carbocycles. The van der Waals surface area contributed by atoms with Crippen molar-refractivity contribution in [1.29, 1.82) is 0 Å². The van der Waals surface area contributed by atoms with Crippen molar-refractivity contribution in [3.63, 3.8) is 0 Å². The number of carbonyl (C=O) groups is 2. The van der Waals surface area contributed by atoms with Crippen LogP contribution in [0.1, 0.15) is 62.5 Å². The van der Waals surface area contributed by atoms with Crippen LogP contribution in [-0.4, -0.2) is 22.2 Å². The second kappa shape index (κ2) is 9.85. The first-order valence-electron chi connectivity index (χ1n) is 13.0. The van der Waals surface area contributed by atoms with E-state index in [1.807, 2.05) is 60.7 Å². The summed E-state index contributed by atoms with van der Waals surface area (Å²) >= 11 is 0. The molecule has 2 N–H and O–H groups in total. The molecule has 5 rings (SSSR count). The molecular formula is C31H34O4. The molecule has 0 saturated carbocycles. The fourth-order valence-electron chi connectivity index (χ4n) is 7.24. The molecule has 2 unspecified atom stereocenters. The van der Waals surface area contributed by atoms with Crippen LogP contribution in [0.3, 0.4) is 0 Å². The van der Waals surface area contributed by atoms with E-state index in [0.29, 0.717) is 12.8 Å². The fourth-order valence-corrected chi connectivity index (χ4v) is 7.24. The van der Waals surface area contributed by atoms with Gasteiger partial charge in [-0.15, -0.1) is 0 Å². The number of carboxylic acids is 2. The monoisotopic (exact) mass is 470 g/mol. The van der Waals surface area contributed by atoms with Crippen LogP contribution in [-0.2, 0) is 22.4 Å². The Labute approximate surface area is 207 Å². The smallest absolute Gasteiger partial charge is 0.308 e. The summed E-state index contributed by atoms with van der Waals surface area (Å²) in [7, 11) is 0. The third-order valence-electron chi connectivity index (χ3n) is 8.56. The Morgan fingerprint density at radius 2 is 1.00 bits per heavy atom. The topological polar surface area (TPSA) is 74.6 Å². The van der Waals surface area contributed by atoms with Gasteiger partial charge in [-0.25, -0.2) is 0 Å². The van der Waals surface area contributed by atoms with Crippen LogP contribution in [0.5, 0.6) is 0 Å². The van der Waals surface area contributed by atoms with Crippen molar-refractivity contribution in [3.8, 4) is 0 Å². The Balaban J connectivity index is 1.75. The molecule has 2 atom stereocenters. The number of allylic oxidation sites excluding steroid dienone is 4. The summed E-state index contributed by atoms with van der Waals surface area (Å²) in [5.41, 5.74) is 5.82. The highest BCUT2D eigenvalue weighted by atomic mass is 16.4. The number of aliphatic carboxylic acids is 2. The molecule has 0 radical (unpaired) electrons. The minimum absolute atomic E-state index is 0.336. The molecule has 0 bridgehead atoms. The maximum absolute atomic E-state index is 13.2. The second-order valence-corrected chi connectivity index (χ2v) is 10.4. The van der Waals surface area contributed by atoms with Crippen LogP contribution in [0.4, 0.5) is 0 Å². The van der Waals surface area contributed by atoms with Crippen molar-refractivity contribution in [2.75, 3.05) is 0 Å². The third-order valence-corrected chi connectivity index (χ3v) is 8.56. The Hall–Kier alpha value is -3.14. The molecule has 3 aliphatic rings. The summed E-state index contributed by atoms with van der Waals surface area (Å²) in [6.45, 7) is 0. The Morgan fingerprint density at radius 1 is 0.629 bits per heavy atom. The lowest BCUT2D eigenvalue weighted by molar-refractivity contribution is -0.152. The highest BCUT2D eigenvalue weighted by molar-refractivity contribution is 5.81. The van der Waals surface area contributed by atoms with Crippen LogP contribution < -0.4 is 0 Å². The summed E-state index contributed by atoms with van der Waals surface area (Å²) in [6.07, 6.45) is 8.37. The van der Waals surface area contributed by atoms with Crippen molar-refractivity contribution in [2.24, 2.45) is 17.3 Å². The quantitative estimate of drug-likeness (QED) is 0.455. The van der Waals surface area contributed by atoms with Gasteiger partial charge in [0.1, 0.15) is 0 Å². The van der Waals surface area contributed by atoms with Gasteiger partial charge in [-0.2, -0.15) is 0 Å². The Bertz CT molecular complexity index is 1070. The van der Waals surface area contributed by atoms with Crippen molar-refractivity contribution in [2.45, 2.75) is 64.2 Å². The first-order chi connectivity index (χ1) is 17.0. The van der Waals surface area contributed by atoms with Gasteiger partial charge < -0.3 is 10.2 Å². The Kier molecular flexibility index (Phi) is 6.64. The molecule has 2 aromatic rings. The number of benzene rings is 2. The first-order valence-corrected chi connectivity index (χ1v) is 13.0. The zero-order valence-electron chi connectivity index (χ0n) is 20.2. The maximum Gasteiger partial charge on any atom is 0.308 e. The van der Waals surface area contributed by atoms with E-state index in [9.17, 15) is 19.8 Å². The molecule has 0 saturated heterocycles. The number of fused-ring (bicyclic) bond motifs is 1. The van der Waals surface area contributed by atoms with E-state index >= 15 is 0 Å². The lowest BCUT2D eigenvalue weighted by Gasteiger charge is -2.46. The molecule has 3 aliphatic carbocycles. The molecule has 0 aromatic heterocycles. The van der Waals surface area contributed by atoms with Gasteiger partial charge in [-0.1, -0.05) is 71.8 Å². The molecule has 0 aliphatic heterocycles. The number of rotatable bonds is 8. The van der Waals surface area contributed by atoms with Crippen LogP contribution >= 0.6 is 0 Å². The molecule has 0 amide bonds. The zero-order valence-corrected chi connectivity index (χ0v) is 20.2. The van der Waals surface area contributed by atoms with Gasteiger partial charge in [0.15, 0.2) is 0 Å². The molecule has 0 heterocycles. The lowest BCUT2D eigenvalue weighted by Crippen LogP contribution is -2.49. The van der Waals surface area contributed by atoms with Gasteiger partial charge in [0.05, 0.1) is 11.8 Å². The number of carboxylic acid groups (broad SMARTS) is 2. The predicted molar refractivity (Wildman–Crippen MR) is 136 cm³/mol. The minimum Gasteiger partial charge on any atom is -0.481 e. The summed E-state index contributed by atoms with van der Waals surface area (Å²) in [5, 5.41) is 21.6. The van der Waals surface area contributed by atoms with Gasteiger partial charge in [0, 0.05) is 5.41 Å². The van der Waals surface area contributed by atoms with E-state index in [0.717, 1.165) is 73.6 Å². The average Bonchev–Trinajstić information content (AvgIpc) is 3.18. The molecule has 0 fully saturated rings. The lowest BCUT2D eigenvalue weighted by atomic mass is 9.55. The molecule has 4 nitrogen and oxygen atoms in total. The maximum atomic E-state index is 13.2. The van der Waals surface area contributed by atoms with Crippen LogP contribution in [0, 0.1) is 17.3 Å². The van der Waals surface area contributed by atoms with E-state index in [4.69, 9.17) is 0 Å². The largest absolute Gasteiger partial charge is 0.481 e. The normalized spacial score (nSPS) is 20.7. The van der Waals surface area contributed by atoms with Crippen LogP contribution in [0.15, 0.2) is 83.0 Å². The van der Waals surface area contributed by atoms with Gasteiger partial charge in [-0.05, 0) is 86.5 Å². The highest BCUT2D eigenvalue weighted by Gasteiger charge is 2.60. The molecular weight excluding hydrogens is 436 g/mol. The zero-order chi connectivity index (χ0) is 24.4. The predicted octanol–water partition coefficient (Wildman–Crippen LogP) is 6.61. The number of hydrogen-bond donors (Lipinski definition) is 2. The SMILES string of the molecule is O=C(O)C(Cc1ccccc1)C1(C(Cc2ccccc2)C(=O)O)C2=C(CCCC2)C2=C1CCCC2. The van der Waals surface area contributed by atoms with Crippen molar-refractivity contribution < 1.29 is 19.8 Å². The van der Waals surface area contributed by atoms with Crippen LogP contribution in [0.2, 0.25) is 0 Å². The van der Waals surface area contributed by atoms with Crippen molar-refractivity contribution >= 4 is 11.9 Å². The summed E-state index contributed by atoms with van der Waals surface area (Å²) in [4.78, 5) is 26.4. The van der Waals surface area contributed by atoms with E-state index < -0.39 is 29.2 Å². The van der Waals surface area contributed by atoms with Crippen LogP contribution in [0.25, 0.3) is 0 Å². The average molecular weight is 471 g/mol. The summed E-state index contributed by atoms with van der Waals surface area (Å²) in [6, 6.07) is 19.5. The van der Waals surface area contributed by atoms with Gasteiger partial charge in [-0.3, -0.25) is 9.59 Å². The fraction of sp³-hybridized carbons (Fsp3) is 0.419. The highest BCUT2D eigenvalue weighted by Crippen LogP contribution is 2.64. The molecule has 0 spiro atoms. The van der Waals surface area contributed by atoms with E-state index in [-0.39, 0.29) is 0 Å². The van der Waals surface area contributed by atoms with Gasteiger partial charge >= 0.3 is 11.9 Å². The van der Waals surface area contributed by atoms with E-state index in [2.05, 4.69) is 0 Å². The van der Waals surface area contributed by atoms with Gasteiger partial charge in [0.2, 0.25) is 0 Å². The minimum atomic E-state index is -0.977. The summed E-state index contributed by atoms with van der Waals surface area (Å²) < 4.78 is 0. The van der Waals surface area contributed by atoms with Gasteiger partial charge in [0.25, 0.3) is 0 Å². The second-order valence-electron chi connectivity index (χ2n) is 10.4. The van der Waals surface area contributed by atoms with E-state index in [1.54, 1.807) is 0 Å². The molecule has 182 valence electrons. The number of hydrogen-bond acceptors (Lipinski definition) is 2. The van der Waals surface area contributed by atoms with E-state index in [1.165, 1.54) is 11.1 Å². The summed E-state index contributed by atoms with van der Waals surface area (Å²) in [5.74, 6) is -3.40. The first kappa shape index (κ1) is 23.6. The molecule has 35 heavy (non-hydrogen) atoms. The van der Waals surface area contributed by atoms with Crippen molar-refractivity contribution in [3.05, 3.63) is 94.1 Å².